The lowest BCUT2D eigenvalue weighted by molar-refractivity contribution is 0.447. The molecule has 0 saturated heterocycles. The molecule has 0 heterocycles. The normalized spacial score (nSPS) is 9.70. The third kappa shape index (κ3) is 1.36. The number of hydrogen-bond donors (Lipinski definition) is 3. The Morgan fingerprint density at radius 2 is 2.00 bits per heavy atom. The molecule has 3 heteroatoms. The maximum Gasteiger partial charge on any atom is 0.123 e. The van der Waals surface area contributed by atoms with E-state index >= 15 is 0 Å². The van der Waals surface area contributed by atoms with E-state index < -0.39 is 0 Å². The molecule has 1 rings (SSSR count). The fourth-order valence-corrected chi connectivity index (χ4v) is 0.953. The number of benzene rings is 1. The van der Waals surface area contributed by atoms with Gasteiger partial charge in [-0.15, -0.1) is 0 Å². The van der Waals surface area contributed by atoms with E-state index in [2.05, 4.69) is 12.6 Å². The number of aromatic hydroxyl groups is 2. The molecule has 54 valence electrons. The van der Waals surface area contributed by atoms with E-state index in [1.807, 2.05) is 0 Å². The summed E-state index contributed by atoms with van der Waals surface area (Å²) in [5.41, 5.74) is 0.723. The van der Waals surface area contributed by atoms with E-state index in [0.717, 1.165) is 5.56 Å². The summed E-state index contributed by atoms with van der Waals surface area (Å²) in [5.74, 6) is 0.643. The van der Waals surface area contributed by atoms with E-state index in [9.17, 15) is 0 Å². The number of phenols is 2. The smallest absolute Gasteiger partial charge is 0.123 e. The maximum atomic E-state index is 9.08. The van der Waals surface area contributed by atoms with Crippen LogP contribution in [-0.2, 0) is 5.75 Å². The summed E-state index contributed by atoms with van der Waals surface area (Å²) in [4.78, 5) is 0. The maximum absolute atomic E-state index is 9.08. The summed E-state index contributed by atoms with van der Waals surface area (Å²) in [6.45, 7) is 0. The van der Waals surface area contributed by atoms with Gasteiger partial charge in [0.2, 0.25) is 0 Å². The summed E-state index contributed by atoms with van der Waals surface area (Å²) in [6, 6.07) is 4.45. The molecule has 0 unspecified atom stereocenters. The molecule has 0 amide bonds. The summed E-state index contributed by atoms with van der Waals surface area (Å²) in [6.07, 6.45) is 0. The van der Waals surface area contributed by atoms with E-state index in [4.69, 9.17) is 10.2 Å². The van der Waals surface area contributed by atoms with Crippen molar-refractivity contribution in [3.63, 3.8) is 0 Å². The molecule has 2 nitrogen and oxygen atoms in total. The fourth-order valence-electron chi connectivity index (χ4n) is 0.686. The summed E-state index contributed by atoms with van der Waals surface area (Å²) < 4.78 is 0. The van der Waals surface area contributed by atoms with Crippen LogP contribution in [0.25, 0.3) is 0 Å². The van der Waals surface area contributed by atoms with E-state index in [0.29, 0.717) is 5.75 Å². The third-order valence-corrected chi connectivity index (χ3v) is 1.58. The third-order valence-electron chi connectivity index (χ3n) is 1.24. The molecule has 1 aromatic carbocycles. The molecule has 0 aliphatic rings. The molecule has 0 fully saturated rings. The molecule has 0 spiro atoms. The van der Waals surface area contributed by atoms with Gasteiger partial charge in [-0.25, -0.2) is 0 Å². The largest absolute Gasteiger partial charge is 0.508 e. The van der Waals surface area contributed by atoms with E-state index in [1.165, 1.54) is 12.1 Å². The Bertz CT molecular complexity index is 235. The molecule has 10 heavy (non-hydrogen) atoms. The van der Waals surface area contributed by atoms with Gasteiger partial charge in [0, 0.05) is 17.4 Å². The zero-order valence-corrected chi connectivity index (χ0v) is 6.18. The Kier molecular flexibility index (Phi) is 2.06. The molecular formula is C7H8O2S. The molecule has 0 aliphatic carbocycles. The highest BCUT2D eigenvalue weighted by Crippen LogP contribution is 2.23. The minimum absolute atomic E-state index is 0.0723. The second kappa shape index (κ2) is 2.84. The first-order valence-corrected chi connectivity index (χ1v) is 3.49. The highest BCUT2D eigenvalue weighted by molar-refractivity contribution is 7.79. The van der Waals surface area contributed by atoms with Crippen LogP contribution in [0.4, 0.5) is 0 Å². The minimum Gasteiger partial charge on any atom is -0.508 e. The molecule has 0 aliphatic heterocycles. The molecule has 0 bridgehead atoms. The van der Waals surface area contributed by atoms with Gasteiger partial charge in [0.1, 0.15) is 11.5 Å². The fraction of sp³-hybridized carbons (Fsp3) is 0.143. The zero-order valence-electron chi connectivity index (χ0n) is 5.28. The molecule has 0 atom stereocenters. The Morgan fingerprint density at radius 3 is 2.50 bits per heavy atom. The van der Waals surface area contributed by atoms with Gasteiger partial charge in [-0.05, 0) is 6.07 Å². The van der Waals surface area contributed by atoms with Crippen LogP contribution in [0.2, 0.25) is 0 Å². The predicted molar refractivity (Wildman–Crippen MR) is 42.5 cm³/mol. The van der Waals surface area contributed by atoms with Gasteiger partial charge in [0.25, 0.3) is 0 Å². The highest BCUT2D eigenvalue weighted by Gasteiger charge is 1.98. The minimum atomic E-state index is 0.0723. The van der Waals surface area contributed by atoms with Crippen LogP contribution in [0.5, 0.6) is 11.5 Å². The SMILES string of the molecule is Oc1ccc(CS)c(O)c1. The lowest BCUT2D eigenvalue weighted by atomic mass is 10.2. The first kappa shape index (κ1) is 7.28. The van der Waals surface area contributed by atoms with Crippen LogP contribution in [0.1, 0.15) is 5.56 Å². The Balaban J connectivity index is 3.07. The Hall–Kier alpha value is -0.830. The molecule has 2 N–H and O–H groups in total. The lowest BCUT2D eigenvalue weighted by Crippen LogP contribution is -1.77. The summed E-state index contributed by atoms with van der Waals surface area (Å²) >= 11 is 3.97. The predicted octanol–water partition coefficient (Wildman–Crippen LogP) is 1.53. The second-order valence-electron chi connectivity index (χ2n) is 1.97. The lowest BCUT2D eigenvalue weighted by Gasteiger charge is -1.99. The molecule has 1 aromatic rings. The first-order valence-electron chi connectivity index (χ1n) is 2.86. The summed E-state index contributed by atoms with van der Waals surface area (Å²) in [5, 5.41) is 17.9. The zero-order chi connectivity index (χ0) is 7.56. The van der Waals surface area contributed by atoms with E-state index in [-0.39, 0.29) is 11.5 Å². The van der Waals surface area contributed by atoms with Crippen molar-refractivity contribution < 1.29 is 10.2 Å². The first-order chi connectivity index (χ1) is 4.74. The van der Waals surface area contributed by atoms with Crippen molar-refractivity contribution in [1.82, 2.24) is 0 Å². The van der Waals surface area contributed by atoms with Crippen molar-refractivity contribution in [3.05, 3.63) is 23.8 Å². The Labute approximate surface area is 64.5 Å². The van der Waals surface area contributed by atoms with Crippen molar-refractivity contribution in [2.75, 3.05) is 0 Å². The standard InChI is InChI=1S/C7H8O2S/c8-6-2-1-5(4-10)7(9)3-6/h1-3,8-10H,4H2. The highest BCUT2D eigenvalue weighted by atomic mass is 32.1. The van der Waals surface area contributed by atoms with Gasteiger partial charge in [0.05, 0.1) is 0 Å². The average molecular weight is 156 g/mol. The van der Waals surface area contributed by atoms with Crippen LogP contribution in [0, 0.1) is 0 Å². The molecule has 0 radical (unpaired) electrons. The van der Waals surface area contributed by atoms with Crippen LogP contribution >= 0.6 is 12.6 Å². The number of hydrogen-bond acceptors (Lipinski definition) is 3. The van der Waals surface area contributed by atoms with Gasteiger partial charge in [-0.1, -0.05) is 6.07 Å². The van der Waals surface area contributed by atoms with Crippen LogP contribution in [-0.4, -0.2) is 10.2 Å². The average Bonchev–Trinajstić information content (AvgIpc) is 1.88. The van der Waals surface area contributed by atoms with Gasteiger partial charge in [-0.3, -0.25) is 0 Å². The second-order valence-corrected chi connectivity index (χ2v) is 2.29. The molecular weight excluding hydrogens is 148 g/mol. The number of phenolic OH excluding ortho intramolecular Hbond substituents is 2. The quantitative estimate of drug-likeness (QED) is 0.540. The van der Waals surface area contributed by atoms with Crippen molar-refractivity contribution in [3.8, 4) is 11.5 Å². The van der Waals surface area contributed by atoms with Gasteiger partial charge < -0.3 is 10.2 Å². The summed E-state index contributed by atoms with van der Waals surface area (Å²) in [7, 11) is 0. The molecule has 0 saturated carbocycles. The monoisotopic (exact) mass is 156 g/mol. The van der Waals surface area contributed by atoms with Crippen molar-refractivity contribution in [1.29, 1.82) is 0 Å². The topological polar surface area (TPSA) is 40.5 Å². The van der Waals surface area contributed by atoms with Crippen molar-refractivity contribution in [2.24, 2.45) is 0 Å². The van der Waals surface area contributed by atoms with E-state index in [1.54, 1.807) is 6.07 Å². The van der Waals surface area contributed by atoms with Crippen molar-refractivity contribution in [2.45, 2.75) is 5.75 Å². The number of thiol groups is 1. The molecule has 0 aromatic heterocycles. The van der Waals surface area contributed by atoms with Crippen molar-refractivity contribution >= 4 is 12.6 Å². The van der Waals surface area contributed by atoms with Gasteiger partial charge in [-0.2, -0.15) is 12.6 Å². The Morgan fingerprint density at radius 1 is 1.30 bits per heavy atom. The van der Waals surface area contributed by atoms with Crippen LogP contribution < -0.4 is 0 Å². The van der Waals surface area contributed by atoms with Crippen LogP contribution in [0.3, 0.4) is 0 Å². The van der Waals surface area contributed by atoms with Gasteiger partial charge in [0.15, 0.2) is 0 Å². The number of rotatable bonds is 1. The van der Waals surface area contributed by atoms with Gasteiger partial charge >= 0.3 is 0 Å². The van der Waals surface area contributed by atoms with Crippen LogP contribution in [0.15, 0.2) is 18.2 Å².